The van der Waals surface area contributed by atoms with Crippen LogP contribution in [0.4, 0.5) is 0 Å². The van der Waals surface area contributed by atoms with Crippen LogP contribution >= 0.6 is 0 Å². The molecule has 0 amide bonds. The lowest BCUT2D eigenvalue weighted by molar-refractivity contribution is -0.138. The van der Waals surface area contributed by atoms with Gasteiger partial charge in [-0.1, -0.05) is 81.4 Å². The monoisotopic (exact) mass is 577 g/mol. The Hall–Kier alpha value is -2.97. The lowest BCUT2D eigenvalue weighted by Gasteiger charge is -2.40. The van der Waals surface area contributed by atoms with E-state index >= 15 is 0 Å². The Morgan fingerprint density at radius 1 is 0.927 bits per heavy atom. The van der Waals surface area contributed by atoms with E-state index in [1.165, 1.54) is 0 Å². The van der Waals surface area contributed by atoms with Crippen LogP contribution in [0, 0.1) is 0 Å². The Morgan fingerprint density at radius 2 is 1.61 bits per heavy atom. The number of benzene rings is 3. The molecule has 0 fully saturated rings. The van der Waals surface area contributed by atoms with Gasteiger partial charge in [-0.15, -0.1) is 0 Å². The standard InChI is InChI=1S/C34H47NO5Si/c1-24(18-27-14-11-15-28(19-27)25(2)33(37)38)35-21-32(40-41(6,7)34(3,4)5)29-16-17-31(30(20-29)22-36)39-23-26-12-9-8-10-13-26/h8-17,19-20,24-25,32,35-36H,18,21-23H2,1-7H3,(H,37,38)/t24-,25?,32-/m1/s1. The first-order valence-corrected chi connectivity index (χ1v) is 17.3. The van der Waals surface area contributed by atoms with Gasteiger partial charge < -0.3 is 24.7 Å². The molecule has 7 heteroatoms. The third kappa shape index (κ3) is 9.26. The smallest absolute Gasteiger partial charge is 0.310 e. The molecule has 0 aliphatic heterocycles. The van der Waals surface area contributed by atoms with Crippen LogP contribution in [0.15, 0.2) is 72.8 Å². The maximum Gasteiger partial charge on any atom is 0.310 e. The Kier molecular flexibility index (Phi) is 11.3. The van der Waals surface area contributed by atoms with E-state index < -0.39 is 20.2 Å². The van der Waals surface area contributed by atoms with E-state index in [1.807, 2.05) is 72.8 Å². The van der Waals surface area contributed by atoms with Crippen LogP contribution in [0.3, 0.4) is 0 Å². The van der Waals surface area contributed by atoms with Crippen LogP contribution in [-0.2, 0) is 28.9 Å². The van der Waals surface area contributed by atoms with Crippen molar-refractivity contribution in [3.8, 4) is 5.75 Å². The third-order valence-electron chi connectivity index (χ3n) is 8.12. The zero-order chi connectivity index (χ0) is 30.2. The quantitative estimate of drug-likeness (QED) is 0.175. The van der Waals surface area contributed by atoms with Crippen LogP contribution in [0.5, 0.6) is 5.75 Å². The summed E-state index contributed by atoms with van der Waals surface area (Å²) in [4.78, 5) is 11.5. The second-order valence-electron chi connectivity index (χ2n) is 12.5. The van der Waals surface area contributed by atoms with Gasteiger partial charge in [-0.05, 0) is 72.8 Å². The minimum Gasteiger partial charge on any atom is -0.489 e. The molecule has 3 aromatic rings. The van der Waals surface area contributed by atoms with Crippen molar-refractivity contribution < 1.29 is 24.2 Å². The molecule has 0 saturated carbocycles. The predicted octanol–water partition coefficient (Wildman–Crippen LogP) is 7.23. The summed E-state index contributed by atoms with van der Waals surface area (Å²) in [5.41, 5.74) is 4.72. The van der Waals surface area contributed by atoms with E-state index in [-0.39, 0.29) is 23.8 Å². The van der Waals surface area contributed by atoms with Gasteiger partial charge in [-0.25, -0.2) is 0 Å². The maximum absolute atomic E-state index is 11.5. The maximum atomic E-state index is 11.5. The number of ether oxygens (including phenoxy) is 1. The number of aliphatic hydroxyl groups is 1. The molecule has 6 nitrogen and oxygen atoms in total. The predicted molar refractivity (Wildman–Crippen MR) is 168 cm³/mol. The summed E-state index contributed by atoms with van der Waals surface area (Å²) in [5.74, 6) is -0.693. The molecule has 3 atom stereocenters. The van der Waals surface area contributed by atoms with E-state index in [2.05, 4.69) is 46.1 Å². The summed E-state index contributed by atoms with van der Waals surface area (Å²) in [6, 6.07) is 23.9. The molecular formula is C34H47NO5Si. The first-order chi connectivity index (χ1) is 19.3. The molecule has 0 saturated heterocycles. The Morgan fingerprint density at radius 3 is 2.24 bits per heavy atom. The van der Waals surface area contributed by atoms with Crippen molar-refractivity contribution in [2.45, 2.75) is 90.4 Å². The number of aliphatic carboxylic acids is 1. The van der Waals surface area contributed by atoms with Gasteiger partial charge in [0.15, 0.2) is 8.32 Å². The molecule has 3 N–H and O–H groups in total. The highest BCUT2D eigenvalue weighted by molar-refractivity contribution is 6.74. The van der Waals surface area contributed by atoms with Crippen molar-refractivity contribution in [3.05, 3.63) is 101 Å². The van der Waals surface area contributed by atoms with Gasteiger partial charge in [0.25, 0.3) is 0 Å². The van der Waals surface area contributed by atoms with Gasteiger partial charge in [-0.3, -0.25) is 4.79 Å². The number of carbonyl (C=O) groups is 1. The molecule has 0 aromatic heterocycles. The zero-order valence-corrected chi connectivity index (χ0v) is 26.6. The fourth-order valence-corrected chi connectivity index (χ4v) is 5.71. The van der Waals surface area contributed by atoms with E-state index in [0.29, 0.717) is 18.9 Å². The summed E-state index contributed by atoms with van der Waals surface area (Å²) in [6.07, 6.45) is 0.561. The van der Waals surface area contributed by atoms with Crippen molar-refractivity contribution in [2.24, 2.45) is 0 Å². The Balaban J connectivity index is 1.77. The minimum absolute atomic E-state index is 0.0384. The van der Waals surface area contributed by atoms with E-state index in [0.717, 1.165) is 34.2 Å². The van der Waals surface area contributed by atoms with Gasteiger partial charge >= 0.3 is 5.97 Å². The normalized spacial score (nSPS) is 14.3. The van der Waals surface area contributed by atoms with E-state index in [4.69, 9.17) is 9.16 Å². The van der Waals surface area contributed by atoms with Crippen LogP contribution in [-0.4, -0.2) is 37.1 Å². The summed E-state index contributed by atoms with van der Waals surface area (Å²) in [5, 5.41) is 23.3. The topological polar surface area (TPSA) is 88.0 Å². The third-order valence-corrected chi connectivity index (χ3v) is 12.6. The molecule has 222 valence electrons. The molecule has 0 aliphatic carbocycles. The summed E-state index contributed by atoms with van der Waals surface area (Å²) in [6.45, 7) is 16.0. The molecule has 3 aromatic carbocycles. The summed E-state index contributed by atoms with van der Waals surface area (Å²) in [7, 11) is -2.12. The molecule has 0 bridgehead atoms. The second kappa shape index (κ2) is 14.3. The highest BCUT2D eigenvalue weighted by Crippen LogP contribution is 2.40. The SMILES string of the molecule is CC(C(=O)O)c1cccc(C[C@@H](C)NC[C@@H](O[Si](C)(C)C(C)(C)C)c2ccc(OCc3ccccc3)c(CO)c2)c1. The average Bonchev–Trinajstić information content (AvgIpc) is 2.93. The van der Waals surface area contributed by atoms with Crippen molar-refractivity contribution >= 4 is 14.3 Å². The number of hydrogen-bond donors (Lipinski definition) is 3. The van der Waals surface area contributed by atoms with Crippen LogP contribution in [0.1, 0.15) is 74.5 Å². The molecule has 0 heterocycles. The summed E-state index contributed by atoms with van der Waals surface area (Å²) >= 11 is 0. The largest absolute Gasteiger partial charge is 0.489 e. The zero-order valence-electron chi connectivity index (χ0n) is 25.6. The van der Waals surface area contributed by atoms with Gasteiger partial charge in [0.1, 0.15) is 12.4 Å². The second-order valence-corrected chi connectivity index (χ2v) is 17.2. The summed E-state index contributed by atoms with van der Waals surface area (Å²) < 4.78 is 13.0. The van der Waals surface area contributed by atoms with E-state index in [9.17, 15) is 15.0 Å². The highest BCUT2D eigenvalue weighted by Gasteiger charge is 2.39. The number of aliphatic hydroxyl groups excluding tert-OH is 1. The molecular weight excluding hydrogens is 530 g/mol. The molecule has 3 rings (SSSR count). The van der Waals surface area contributed by atoms with Crippen molar-refractivity contribution in [1.82, 2.24) is 5.32 Å². The van der Waals surface area contributed by atoms with Crippen molar-refractivity contribution in [2.75, 3.05) is 6.54 Å². The number of hydrogen-bond acceptors (Lipinski definition) is 5. The lowest BCUT2D eigenvalue weighted by atomic mass is 9.97. The minimum atomic E-state index is -2.12. The van der Waals surface area contributed by atoms with Gasteiger partial charge in [0.05, 0.1) is 18.6 Å². The van der Waals surface area contributed by atoms with Crippen LogP contribution in [0.2, 0.25) is 18.1 Å². The molecule has 0 radical (unpaired) electrons. The van der Waals surface area contributed by atoms with Gasteiger partial charge in [-0.2, -0.15) is 0 Å². The van der Waals surface area contributed by atoms with Gasteiger partial charge in [0, 0.05) is 18.2 Å². The number of rotatable bonds is 14. The first-order valence-electron chi connectivity index (χ1n) is 14.4. The van der Waals surface area contributed by atoms with Gasteiger partial charge in [0.2, 0.25) is 0 Å². The number of carboxylic acids is 1. The molecule has 0 spiro atoms. The Labute approximate surface area is 246 Å². The van der Waals surface area contributed by atoms with E-state index in [1.54, 1.807) is 6.92 Å². The fraction of sp³-hybridized carbons (Fsp3) is 0.441. The first kappa shape index (κ1) is 32.5. The van der Waals surface area contributed by atoms with Crippen LogP contribution < -0.4 is 10.1 Å². The highest BCUT2D eigenvalue weighted by atomic mass is 28.4. The average molecular weight is 578 g/mol. The lowest BCUT2D eigenvalue weighted by Crippen LogP contribution is -2.44. The number of carboxylic acid groups (broad SMARTS) is 1. The fourth-order valence-electron chi connectivity index (χ4n) is 4.43. The molecule has 0 aliphatic rings. The Bertz CT molecular complexity index is 1270. The number of nitrogens with one attached hydrogen (secondary N) is 1. The molecule has 1 unspecified atom stereocenters. The van der Waals surface area contributed by atoms with Crippen molar-refractivity contribution in [3.63, 3.8) is 0 Å². The molecule has 41 heavy (non-hydrogen) atoms. The van der Waals surface area contributed by atoms with Crippen LogP contribution in [0.25, 0.3) is 0 Å². The van der Waals surface area contributed by atoms with Crippen molar-refractivity contribution in [1.29, 1.82) is 0 Å².